The Labute approximate surface area is 105 Å². The Balaban J connectivity index is 1.86. The van der Waals surface area contributed by atoms with E-state index in [4.69, 9.17) is 8.94 Å². The van der Waals surface area contributed by atoms with E-state index in [2.05, 4.69) is 20.4 Å². The van der Waals surface area contributed by atoms with Crippen molar-refractivity contribution in [3.8, 4) is 11.7 Å². The van der Waals surface area contributed by atoms with Crippen LogP contribution < -0.4 is 5.32 Å². The van der Waals surface area contributed by atoms with Gasteiger partial charge in [-0.05, 0) is 26.3 Å². The summed E-state index contributed by atoms with van der Waals surface area (Å²) in [4.78, 5) is 8.60. The van der Waals surface area contributed by atoms with Crippen LogP contribution in [0.1, 0.15) is 42.7 Å². The van der Waals surface area contributed by atoms with Gasteiger partial charge >= 0.3 is 0 Å². The quantitative estimate of drug-likeness (QED) is 0.877. The monoisotopic (exact) mass is 248 g/mol. The molecule has 0 radical (unpaired) electrons. The van der Waals surface area contributed by atoms with Crippen LogP contribution in [0, 0.1) is 13.8 Å². The van der Waals surface area contributed by atoms with Crippen LogP contribution in [0.3, 0.4) is 0 Å². The molecular formula is C12H16N4O2. The molecule has 18 heavy (non-hydrogen) atoms. The molecule has 0 spiro atoms. The molecule has 3 rings (SSSR count). The molecule has 1 unspecified atom stereocenters. The molecule has 2 aromatic rings. The van der Waals surface area contributed by atoms with E-state index in [1.807, 2.05) is 6.92 Å². The molecule has 0 amide bonds. The number of hydrogen-bond donors (Lipinski definition) is 1. The van der Waals surface area contributed by atoms with E-state index in [1.54, 1.807) is 6.92 Å². The van der Waals surface area contributed by atoms with Gasteiger partial charge in [0.15, 0.2) is 11.7 Å². The third-order valence-electron chi connectivity index (χ3n) is 3.16. The van der Waals surface area contributed by atoms with Crippen molar-refractivity contribution in [2.75, 3.05) is 6.54 Å². The van der Waals surface area contributed by atoms with Gasteiger partial charge in [0.25, 0.3) is 5.89 Å². The number of nitrogens with zero attached hydrogens (tertiary/aromatic N) is 3. The fraction of sp³-hybridized carbons (Fsp3) is 0.583. The SMILES string of the molecule is Cc1nc(C)c(-c2nc(C3CCCCN3)no2)o1. The molecule has 6 nitrogen and oxygen atoms in total. The number of nitrogens with one attached hydrogen (secondary N) is 1. The van der Waals surface area contributed by atoms with Gasteiger partial charge in [-0.3, -0.25) is 0 Å². The molecule has 0 aliphatic carbocycles. The molecule has 1 aliphatic heterocycles. The first kappa shape index (κ1) is 11.4. The van der Waals surface area contributed by atoms with Crippen LogP contribution in [0.2, 0.25) is 0 Å². The second-order valence-electron chi connectivity index (χ2n) is 4.61. The average Bonchev–Trinajstić information content (AvgIpc) is 2.97. The Hall–Kier alpha value is -1.69. The Morgan fingerprint density at radius 2 is 2.11 bits per heavy atom. The van der Waals surface area contributed by atoms with Gasteiger partial charge in [0.2, 0.25) is 5.76 Å². The molecule has 1 atom stereocenters. The van der Waals surface area contributed by atoms with Gasteiger partial charge in [-0.2, -0.15) is 4.98 Å². The van der Waals surface area contributed by atoms with Crippen molar-refractivity contribution < 1.29 is 8.94 Å². The minimum Gasteiger partial charge on any atom is -0.436 e. The van der Waals surface area contributed by atoms with Crippen molar-refractivity contribution in [1.29, 1.82) is 0 Å². The second kappa shape index (κ2) is 4.53. The zero-order valence-electron chi connectivity index (χ0n) is 10.6. The molecule has 1 fully saturated rings. The molecule has 0 aromatic carbocycles. The maximum atomic E-state index is 5.47. The molecule has 0 bridgehead atoms. The summed E-state index contributed by atoms with van der Waals surface area (Å²) in [5.41, 5.74) is 0.777. The molecule has 6 heteroatoms. The van der Waals surface area contributed by atoms with Crippen molar-refractivity contribution in [3.63, 3.8) is 0 Å². The number of piperidine rings is 1. The minimum atomic E-state index is 0.195. The van der Waals surface area contributed by atoms with Crippen molar-refractivity contribution in [2.24, 2.45) is 0 Å². The van der Waals surface area contributed by atoms with Gasteiger partial charge in [0, 0.05) is 6.92 Å². The number of aromatic nitrogens is 3. The zero-order valence-corrected chi connectivity index (χ0v) is 10.6. The van der Waals surface area contributed by atoms with E-state index < -0.39 is 0 Å². The van der Waals surface area contributed by atoms with Crippen LogP contribution >= 0.6 is 0 Å². The summed E-state index contributed by atoms with van der Waals surface area (Å²) in [6.45, 7) is 4.68. The van der Waals surface area contributed by atoms with Crippen LogP contribution in [0.5, 0.6) is 0 Å². The molecule has 2 aromatic heterocycles. The fourth-order valence-electron chi connectivity index (χ4n) is 2.27. The average molecular weight is 248 g/mol. The molecule has 1 saturated heterocycles. The van der Waals surface area contributed by atoms with Gasteiger partial charge in [0.05, 0.1) is 11.7 Å². The van der Waals surface area contributed by atoms with E-state index in [0.717, 1.165) is 18.7 Å². The summed E-state index contributed by atoms with van der Waals surface area (Å²) in [5, 5.41) is 7.42. The van der Waals surface area contributed by atoms with Crippen molar-refractivity contribution in [3.05, 3.63) is 17.4 Å². The largest absolute Gasteiger partial charge is 0.436 e. The highest BCUT2D eigenvalue weighted by atomic mass is 16.5. The van der Waals surface area contributed by atoms with Gasteiger partial charge in [-0.1, -0.05) is 11.6 Å². The number of oxazole rings is 1. The highest BCUT2D eigenvalue weighted by molar-refractivity contribution is 5.47. The predicted molar refractivity (Wildman–Crippen MR) is 63.9 cm³/mol. The summed E-state index contributed by atoms with van der Waals surface area (Å²) in [7, 11) is 0. The Bertz CT molecular complexity index is 540. The van der Waals surface area contributed by atoms with Crippen LogP contribution in [0.4, 0.5) is 0 Å². The van der Waals surface area contributed by atoms with Gasteiger partial charge in [-0.15, -0.1) is 0 Å². The Morgan fingerprint density at radius 3 is 2.78 bits per heavy atom. The van der Waals surface area contributed by atoms with Crippen molar-refractivity contribution in [1.82, 2.24) is 20.4 Å². The van der Waals surface area contributed by atoms with Crippen LogP contribution in [-0.4, -0.2) is 21.7 Å². The molecule has 3 heterocycles. The Kier molecular flexibility index (Phi) is 2.87. The lowest BCUT2D eigenvalue weighted by Gasteiger charge is -2.19. The highest BCUT2D eigenvalue weighted by Crippen LogP contribution is 2.26. The molecule has 96 valence electrons. The van der Waals surface area contributed by atoms with Gasteiger partial charge in [0.1, 0.15) is 0 Å². The van der Waals surface area contributed by atoms with E-state index in [1.165, 1.54) is 12.8 Å². The lowest BCUT2D eigenvalue weighted by atomic mass is 10.0. The minimum absolute atomic E-state index is 0.195. The summed E-state index contributed by atoms with van der Waals surface area (Å²) in [5.74, 6) is 2.30. The maximum absolute atomic E-state index is 5.47. The topological polar surface area (TPSA) is 77.0 Å². The summed E-state index contributed by atoms with van der Waals surface area (Å²) >= 11 is 0. The second-order valence-corrected chi connectivity index (χ2v) is 4.61. The van der Waals surface area contributed by atoms with Crippen molar-refractivity contribution >= 4 is 0 Å². The number of aryl methyl sites for hydroxylation is 2. The van der Waals surface area contributed by atoms with Crippen molar-refractivity contribution in [2.45, 2.75) is 39.2 Å². The first-order chi connectivity index (χ1) is 8.74. The standard InChI is InChI=1S/C12H16N4O2/c1-7-10(17-8(2)14-7)12-15-11(16-18-12)9-5-3-4-6-13-9/h9,13H,3-6H2,1-2H3. The van der Waals surface area contributed by atoms with E-state index in [9.17, 15) is 0 Å². The number of hydrogen-bond acceptors (Lipinski definition) is 6. The first-order valence-corrected chi connectivity index (χ1v) is 6.25. The van der Waals surface area contributed by atoms with Gasteiger partial charge in [-0.25, -0.2) is 4.98 Å². The highest BCUT2D eigenvalue weighted by Gasteiger charge is 2.23. The van der Waals surface area contributed by atoms with Crippen LogP contribution in [-0.2, 0) is 0 Å². The number of rotatable bonds is 2. The Morgan fingerprint density at radius 1 is 1.22 bits per heavy atom. The fourth-order valence-corrected chi connectivity index (χ4v) is 2.27. The summed E-state index contributed by atoms with van der Waals surface area (Å²) < 4.78 is 10.7. The van der Waals surface area contributed by atoms with E-state index >= 15 is 0 Å². The lowest BCUT2D eigenvalue weighted by molar-refractivity contribution is 0.363. The molecule has 1 aliphatic rings. The third kappa shape index (κ3) is 2.03. The van der Waals surface area contributed by atoms with Gasteiger partial charge < -0.3 is 14.3 Å². The smallest absolute Gasteiger partial charge is 0.295 e. The first-order valence-electron chi connectivity index (χ1n) is 6.25. The normalized spacial score (nSPS) is 20.2. The summed E-state index contributed by atoms with van der Waals surface area (Å²) in [6.07, 6.45) is 3.46. The van der Waals surface area contributed by atoms with Crippen LogP contribution in [0.15, 0.2) is 8.94 Å². The zero-order chi connectivity index (χ0) is 12.5. The predicted octanol–water partition coefficient (Wildman–Crippen LogP) is 2.16. The third-order valence-corrected chi connectivity index (χ3v) is 3.16. The molecule has 1 N–H and O–H groups in total. The molecule has 0 saturated carbocycles. The summed E-state index contributed by atoms with van der Waals surface area (Å²) in [6, 6.07) is 0.195. The maximum Gasteiger partial charge on any atom is 0.295 e. The lowest BCUT2D eigenvalue weighted by Crippen LogP contribution is -2.27. The molecular weight excluding hydrogens is 232 g/mol. The van der Waals surface area contributed by atoms with E-state index in [0.29, 0.717) is 23.4 Å². The van der Waals surface area contributed by atoms with Crippen LogP contribution in [0.25, 0.3) is 11.7 Å². The van der Waals surface area contributed by atoms with E-state index in [-0.39, 0.29) is 6.04 Å².